The molecule has 3 rings (SSSR count). The van der Waals surface area contributed by atoms with Gasteiger partial charge in [-0.3, -0.25) is 0 Å². The van der Waals surface area contributed by atoms with Crippen LogP contribution in [0.2, 0.25) is 0 Å². The summed E-state index contributed by atoms with van der Waals surface area (Å²) in [5.41, 5.74) is 2.91. The third-order valence-electron chi connectivity index (χ3n) is 3.93. The highest BCUT2D eigenvalue weighted by molar-refractivity contribution is 7.11. The predicted molar refractivity (Wildman–Crippen MR) is 87.9 cm³/mol. The maximum absolute atomic E-state index is 4.41. The third kappa shape index (κ3) is 3.50. The van der Waals surface area contributed by atoms with Crippen LogP contribution in [0.4, 0.5) is 0 Å². The Hall–Kier alpha value is -1.26. The molecule has 1 aromatic heterocycles. The second kappa shape index (κ2) is 6.67. The fraction of sp³-hybridized carbons (Fsp3) is 0.529. The first-order valence-electron chi connectivity index (χ1n) is 7.85. The maximum atomic E-state index is 4.41. The standard InChI is InChI=1S/C17H23N3S/c1-12(2)11-18-9-5-8-16-19-20-17(21-16)15-10-13-6-3-4-7-14(13)15/h3-4,6-7,12,15,18H,5,8-11H2,1-2H3. The summed E-state index contributed by atoms with van der Waals surface area (Å²) in [6, 6.07) is 8.67. The van der Waals surface area contributed by atoms with Gasteiger partial charge in [-0.25, -0.2) is 0 Å². The van der Waals surface area contributed by atoms with Crippen LogP contribution in [0.5, 0.6) is 0 Å². The van der Waals surface area contributed by atoms with Gasteiger partial charge in [-0.05, 0) is 43.0 Å². The molecule has 0 radical (unpaired) electrons. The summed E-state index contributed by atoms with van der Waals surface area (Å²) >= 11 is 1.79. The van der Waals surface area contributed by atoms with Gasteiger partial charge in [0.15, 0.2) is 0 Å². The molecule has 1 aromatic carbocycles. The van der Waals surface area contributed by atoms with Crippen molar-refractivity contribution in [2.45, 2.75) is 39.0 Å². The van der Waals surface area contributed by atoms with E-state index in [1.165, 1.54) is 21.1 Å². The zero-order valence-corrected chi connectivity index (χ0v) is 13.6. The Morgan fingerprint density at radius 1 is 1.29 bits per heavy atom. The Morgan fingerprint density at radius 3 is 2.95 bits per heavy atom. The quantitative estimate of drug-likeness (QED) is 0.796. The van der Waals surface area contributed by atoms with Crippen molar-refractivity contribution in [1.29, 1.82) is 0 Å². The molecule has 1 unspecified atom stereocenters. The Bertz CT molecular complexity index is 591. The van der Waals surface area contributed by atoms with Crippen LogP contribution in [-0.2, 0) is 12.8 Å². The van der Waals surface area contributed by atoms with Crippen LogP contribution in [0.1, 0.15) is 47.3 Å². The van der Waals surface area contributed by atoms with E-state index in [0.717, 1.165) is 38.3 Å². The Labute approximate surface area is 130 Å². The molecule has 4 heteroatoms. The van der Waals surface area contributed by atoms with E-state index in [2.05, 4.69) is 53.6 Å². The summed E-state index contributed by atoms with van der Waals surface area (Å²) in [5, 5.41) is 14.6. The average molecular weight is 301 g/mol. The lowest BCUT2D eigenvalue weighted by molar-refractivity contribution is 0.542. The molecule has 0 aliphatic heterocycles. The van der Waals surface area contributed by atoms with Gasteiger partial charge in [0.25, 0.3) is 0 Å². The molecular formula is C17H23N3S. The lowest BCUT2D eigenvalue weighted by atomic mass is 9.78. The van der Waals surface area contributed by atoms with Gasteiger partial charge in [-0.2, -0.15) is 0 Å². The van der Waals surface area contributed by atoms with E-state index in [9.17, 15) is 0 Å². The van der Waals surface area contributed by atoms with Gasteiger partial charge >= 0.3 is 0 Å². The first-order valence-corrected chi connectivity index (χ1v) is 8.66. The Kier molecular flexibility index (Phi) is 4.66. The molecule has 1 atom stereocenters. The first-order chi connectivity index (χ1) is 10.2. The number of hydrogen-bond acceptors (Lipinski definition) is 4. The number of nitrogens with one attached hydrogen (secondary N) is 1. The topological polar surface area (TPSA) is 37.8 Å². The van der Waals surface area contributed by atoms with E-state index in [1.807, 2.05) is 0 Å². The highest BCUT2D eigenvalue weighted by Gasteiger charge is 2.29. The number of rotatable bonds is 7. The van der Waals surface area contributed by atoms with Crippen molar-refractivity contribution in [3.63, 3.8) is 0 Å². The predicted octanol–water partition coefficient (Wildman–Crippen LogP) is 3.40. The molecule has 3 nitrogen and oxygen atoms in total. The van der Waals surface area contributed by atoms with Gasteiger partial charge in [0.2, 0.25) is 0 Å². The van der Waals surface area contributed by atoms with Gasteiger partial charge in [-0.1, -0.05) is 38.1 Å². The molecule has 0 spiro atoms. The SMILES string of the molecule is CC(C)CNCCCc1nnc(C2Cc3ccccc32)s1. The van der Waals surface area contributed by atoms with Crippen molar-refractivity contribution in [3.8, 4) is 0 Å². The van der Waals surface area contributed by atoms with Crippen molar-refractivity contribution in [1.82, 2.24) is 15.5 Å². The first kappa shape index (κ1) is 14.7. The number of nitrogens with zero attached hydrogens (tertiary/aromatic N) is 2. The van der Waals surface area contributed by atoms with Crippen LogP contribution in [-0.4, -0.2) is 23.3 Å². The minimum atomic E-state index is 0.492. The van der Waals surface area contributed by atoms with Crippen molar-refractivity contribution in [3.05, 3.63) is 45.4 Å². The van der Waals surface area contributed by atoms with Crippen LogP contribution in [0.15, 0.2) is 24.3 Å². The van der Waals surface area contributed by atoms with Crippen LogP contribution < -0.4 is 5.32 Å². The largest absolute Gasteiger partial charge is 0.316 e. The van der Waals surface area contributed by atoms with Gasteiger partial charge < -0.3 is 5.32 Å². The van der Waals surface area contributed by atoms with Crippen molar-refractivity contribution >= 4 is 11.3 Å². The fourth-order valence-electron chi connectivity index (χ4n) is 2.74. The molecule has 2 aromatic rings. The summed E-state index contributed by atoms with van der Waals surface area (Å²) in [6.07, 6.45) is 3.31. The second-order valence-electron chi connectivity index (χ2n) is 6.19. The van der Waals surface area contributed by atoms with E-state index in [0.29, 0.717) is 5.92 Å². The summed E-state index contributed by atoms with van der Waals surface area (Å²) in [7, 11) is 0. The average Bonchev–Trinajstić information content (AvgIpc) is 2.88. The Morgan fingerprint density at radius 2 is 2.14 bits per heavy atom. The highest BCUT2D eigenvalue weighted by Crippen LogP contribution is 2.40. The molecule has 21 heavy (non-hydrogen) atoms. The molecule has 112 valence electrons. The molecule has 1 heterocycles. The summed E-state index contributed by atoms with van der Waals surface area (Å²) in [6.45, 7) is 6.64. The number of hydrogen-bond donors (Lipinski definition) is 1. The van der Waals surface area contributed by atoms with Crippen LogP contribution in [0.25, 0.3) is 0 Å². The van der Waals surface area contributed by atoms with Gasteiger partial charge in [0.1, 0.15) is 10.0 Å². The highest BCUT2D eigenvalue weighted by atomic mass is 32.1. The molecule has 0 bridgehead atoms. The zero-order valence-electron chi connectivity index (χ0n) is 12.8. The molecule has 1 N–H and O–H groups in total. The number of aromatic nitrogens is 2. The molecule has 1 aliphatic carbocycles. The molecule has 0 amide bonds. The zero-order chi connectivity index (χ0) is 14.7. The smallest absolute Gasteiger partial charge is 0.125 e. The summed E-state index contributed by atoms with van der Waals surface area (Å²) in [5.74, 6) is 1.21. The van der Waals surface area contributed by atoms with Gasteiger partial charge in [-0.15, -0.1) is 21.5 Å². The minimum Gasteiger partial charge on any atom is -0.316 e. The molecular weight excluding hydrogens is 278 g/mol. The van der Waals surface area contributed by atoms with Crippen LogP contribution in [0.3, 0.4) is 0 Å². The van der Waals surface area contributed by atoms with E-state index in [1.54, 1.807) is 11.3 Å². The van der Waals surface area contributed by atoms with Gasteiger partial charge in [0, 0.05) is 12.3 Å². The van der Waals surface area contributed by atoms with Gasteiger partial charge in [0.05, 0.1) is 0 Å². The molecule has 0 saturated heterocycles. The van der Waals surface area contributed by atoms with E-state index >= 15 is 0 Å². The van der Waals surface area contributed by atoms with E-state index in [-0.39, 0.29) is 0 Å². The number of benzene rings is 1. The number of aryl methyl sites for hydroxylation is 1. The summed E-state index contributed by atoms with van der Waals surface area (Å²) < 4.78 is 0. The molecule has 0 fully saturated rings. The Balaban J connectivity index is 1.49. The third-order valence-corrected chi connectivity index (χ3v) is 5.03. The minimum absolute atomic E-state index is 0.492. The molecule has 1 aliphatic rings. The van der Waals surface area contributed by atoms with Crippen molar-refractivity contribution < 1.29 is 0 Å². The lowest BCUT2D eigenvalue weighted by Crippen LogP contribution is -2.21. The molecule has 0 saturated carbocycles. The van der Waals surface area contributed by atoms with E-state index in [4.69, 9.17) is 0 Å². The normalized spacial score (nSPS) is 16.8. The summed E-state index contributed by atoms with van der Waals surface area (Å²) in [4.78, 5) is 0. The second-order valence-corrected chi connectivity index (χ2v) is 7.28. The fourth-order valence-corrected chi connectivity index (χ4v) is 3.75. The number of fused-ring (bicyclic) bond motifs is 1. The monoisotopic (exact) mass is 301 g/mol. The lowest BCUT2D eigenvalue weighted by Gasteiger charge is -2.27. The van der Waals surface area contributed by atoms with Crippen molar-refractivity contribution in [2.24, 2.45) is 5.92 Å². The van der Waals surface area contributed by atoms with E-state index < -0.39 is 0 Å². The van der Waals surface area contributed by atoms with Crippen LogP contribution >= 0.6 is 11.3 Å². The maximum Gasteiger partial charge on any atom is 0.125 e. The van der Waals surface area contributed by atoms with Crippen molar-refractivity contribution in [2.75, 3.05) is 13.1 Å². The van der Waals surface area contributed by atoms with Crippen LogP contribution in [0, 0.1) is 5.92 Å².